The van der Waals surface area contributed by atoms with Crippen LogP contribution in [-0.2, 0) is 6.54 Å². The Hall–Kier alpha value is -3.06. The van der Waals surface area contributed by atoms with E-state index in [1.807, 2.05) is 30.5 Å². The minimum absolute atomic E-state index is 0.206. The van der Waals surface area contributed by atoms with Gasteiger partial charge >= 0.3 is 0 Å². The molecule has 1 fully saturated rings. The minimum Gasteiger partial charge on any atom is -0.493 e. The summed E-state index contributed by atoms with van der Waals surface area (Å²) in [4.78, 5) is 2.42. The molecule has 30 heavy (non-hydrogen) atoms. The number of halogens is 1. The molecular formula is C23H26FN3O3. The summed E-state index contributed by atoms with van der Waals surface area (Å²) in [6.07, 6.45) is 4.03. The Kier molecular flexibility index (Phi) is 5.90. The van der Waals surface area contributed by atoms with Gasteiger partial charge in [-0.05, 0) is 49.2 Å². The Bertz CT molecular complexity index is 978. The van der Waals surface area contributed by atoms with Gasteiger partial charge in [0.2, 0.25) is 5.75 Å². The lowest BCUT2D eigenvalue weighted by atomic mass is 10.0. The number of hydrogen-bond acceptors (Lipinski definition) is 5. The van der Waals surface area contributed by atoms with Crippen molar-refractivity contribution < 1.29 is 18.6 Å². The number of likely N-dealkylation sites (tertiary alicyclic amines) is 1. The number of nitrogens with one attached hydrogen (secondary N) is 1. The molecular weight excluding hydrogens is 385 g/mol. The van der Waals surface area contributed by atoms with Gasteiger partial charge in [-0.3, -0.25) is 10.00 Å². The third kappa shape index (κ3) is 3.85. The highest BCUT2D eigenvalue weighted by Gasteiger charge is 2.27. The number of H-pyrrole nitrogens is 1. The van der Waals surface area contributed by atoms with Crippen molar-refractivity contribution in [1.29, 1.82) is 0 Å². The molecule has 0 bridgehead atoms. The van der Waals surface area contributed by atoms with Crippen LogP contribution >= 0.6 is 0 Å². The maximum atomic E-state index is 13.3. The van der Waals surface area contributed by atoms with Crippen LogP contribution in [0, 0.1) is 5.82 Å². The Morgan fingerprint density at radius 3 is 2.40 bits per heavy atom. The molecule has 1 aliphatic heterocycles. The van der Waals surface area contributed by atoms with Crippen LogP contribution in [0.25, 0.3) is 11.3 Å². The zero-order chi connectivity index (χ0) is 21.1. The van der Waals surface area contributed by atoms with E-state index < -0.39 is 0 Å². The number of methoxy groups -OCH3 is 3. The number of hydrogen-bond donors (Lipinski definition) is 1. The molecule has 0 unspecified atom stereocenters. The number of benzene rings is 2. The normalized spacial score (nSPS) is 16.6. The molecule has 1 aliphatic rings. The molecule has 3 aromatic rings. The number of rotatable bonds is 7. The van der Waals surface area contributed by atoms with Gasteiger partial charge in [0, 0.05) is 23.7 Å². The first-order valence-corrected chi connectivity index (χ1v) is 9.96. The van der Waals surface area contributed by atoms with E-state index in [1.165, 1.54) is 12.1 Å². The quantitative estimate of drug-likeness (QED) is 0.617. The van der Waals surface area contributed by atoms with Gasteiger partial charge in [-0.25, -0.2) is 4.39 Å². The lowest BCUT2D eigenvalue weighted by Crippen LogP contribution is -2.22. The molecule has 1 saturated heterocycles. The average molecular weight is 411 g/mol. The molecule has 2 aromatic carbocycles. The highest BCUT2D eigenvalue weighted by atomic mass is 19.1. The lowest BCUT2D eigenvalue weighted by Gasteiger charge is -2.25. The maximum Gasteiger partial charge on any atom is 0.203 e. The molecule has 6 nitrogen and oxygen atoms in total. The maximum absolute atomic E-state index is 13.3. The molecule has 2 heterocycles. The number of aromatic amines is 1. The van der Waals surface area contributed by atoms with Gasteiger partial charge in [0.05, 0.1) is 33.2 Å². The van der Waals surface area contributed by atoms with E-state index in [0.717, 1.165) is 48.3 Å². The van der Waals surface area contributed by atoms with Crippen molar-refractivity contribution >= 4 is 0 Å². The molecule has 1 N–H and O–H groups in total. The van der Waals surface area contributed by atoms with Crippen molar-refractivity contribution in [3.05, 3.63) is 59.5 Å². The van der Waals surface area contributed by atoms with Crippen molar-refractivity contribution in [3.63, 3.8) is 0 Å². The summed E-state index contributed by atoms with van der Waals surface area (Å²) in [5.41, 5.74) is 4.05. The topological polar surface area (TPSA) is 59.6 Å². The van der Waals surface area contributed by atoms with Crippen molar-refractivity contribution in [1.82, 2.24) is 15.1 Å². The van der Waals surface area contributed by atoms with Crippen molar-refractivity contribution in [2.45, 2.75) is 25.4 Å². The summed E-state index contributed by atoms with van der Waals surface area (Å²) in [5.74, 6) is 1.54. The van der Waals surface area contributed by atoms with Gasteiger partial charge in [-0.2, -0.15) is 5.10 Å². The van der Waals surface area contributed by atoms with Crippen LogP contribution in [0.4, 0.5) is 4.39 Å². The standard InChI is InChI=1S/C23H26FN3O3/c1-28-20-11-16(12-21(29-2)23(20)30-3)22-17(13-25-26-22)14-27-10-4-5-19(27)15-6-8-18(24)9-7-15/h6-9,11-13,19H,4-5,10,14H2,1-3H3,(H,25,26)/t19-/m0/s1. The number of ether oxygens (including phenoxy) is 3. The van der Waals surface area contributed by atoms with Gasteiger partial charge in [-0.15, -0.1) is 0 Å². The first-order valence-electron chi connectivity index (χ1n) is 9.96. The van der Waals surface area contributed by atoms with Crippen molar-refractivity contribution in [2.75, 3.05) is 27.9 Å². The Labute approximate surface area is 175 Å². The zero-order valence-corrected chi connectivity index (χ0v) is 17.4. The fourth-order valence-electron chi connectivity index (χ4n) is 4.20. The first kappa shape index (κ1) is 20.2. The Morgan fingerprint density at radius 1 is 1.07 bits per heavy atom. The molecule has 0 spiro atoms. The van der Waals surface area contributed by atoms with Gasteiger partial charge in [-0.1, -0.05) is 12.1 Å². The van der Waals surface area contributed by atoms with E-state index in [1.54, 1.807) is 21.3 Å². The molecule has 0 aliphatic carbocycles. The average Bonchev–Trinajstić information content (AvgIpc) is 3.43. The van der Waals surface area contributed by atoms with E-state index in [2.05, 4.69) is 15.1 Å². The highest BCUT2D eigenvalue weighted by molar-refractivity contribution is 5.70. The van der Waals surface area contributed by atoms with E-state index >= 15 is 0 Å². The molecule has 1 aromatic heterocycles. The smallest absolute Gasteiger partial charge is 0.203 e. The van der Waals surface area contributed by atoms with Gasteiger partial charge in [0.15, 0.2) is 11.5 Å². The largest absolute Gasteiger partial charge is 0.493 e. The monoisotopic (exact) mass is 411 g/mol. The molecule has 0 amide bonds. The molecule has 7 heteroatoms. The highest BCUT2D eigenvalue weighted by Crippen LogP contribution is 2.42. The molecule has 158 valence electrons. The molecule has 4 rings (SSSR count). The summed E-state index contributed by atoms with van der Waals surface area (Å²) in [5, 5.41) is 7.41. The summed E-state index contributed by atoms with van der Waals surface area (Å²) in [7, 11) is 4.80. The van der Waals surface area contributed by atoms with Crippen LogP contribution in [0.1, 0.15) is 30.0 Å². The zero-order valence-electron chi connectivity index (χ0n) is 17.4. The van der Waals surface area contributed by atoms with E-state index in [0.29, 0.717) is 17.2 Å². The van der Waals surface area contributed by atoms with Crippen LogP contribution in [0.15, 0.2) is 42.6 Å². The predicted octanol–water partition coefficient (Wildman–Crippen LogP) is 4.58. The van der Waals surface area contributed by atoms with Crippen molar-refractivity contribution in [3.8, 4) is 28.5 Å². The van der Waals surface area contributed by atoms with E-state index in [-0.39, 0.29) is 11.9 Å². The molecule has 1 atom stereocenters. The van der Waals surface area contributed by atoms with Crippen molar-refractivity contribution in [2.24, 2.45) is 0 Å². The summed E-state index contributed by atoms with van der Waals surface area (Å²) >= 11 is 0. The minimum atomic E-state index is -0.206. The second-order valence-electron chi connectivity index (χ2n) is 7.36. The van der Waals surface area contributed by atoms with Crippen LogP contribution in [0.2, 0.25) is 0 Å². The Balaban J connectivity index is 1.63. The van der Waals surface area contributed by atoms with E-state index in [9.17, 15) is 4.39 Å². The second-order valence-corrected chi connectivity index (χ2v) is 7.36. The Morgan fingerprint density at radius 2 is 1.77 bits per heavy atom. The fourth-order valence-corrected chi connectivity index (χ4v) is 4.20. The second kappa shape index (κ2) is 8.75. The van der Waals surface area contributed by atoms with Gasteiger partial charge in [0.1, 0.15) is 5.82 Å². The fraction of sp³-hybridized carbons (Fsp3) is 0.348. The summed E-state index contributed by atoms with van der Waals surface area (Å²) in [6.45, 7) is 1.73. The number of nitrogens with zero attached hydrogens (tertiary/aromatic N) is 2. The first-order chi connectivity index (χ1) is 14.6. The third-order valence-electron chi connectivity index (χ3n) is 5.66. The van der Waals surface area contributed by atoms with Crippen LogP contribution in [-0.4, -0.2) is 43.0 Å². The molecule has 0 saturated carbocycles. The SMILES string of the molecule is COc1cc(-c2[nH]ncc2CN2CCC[C@H]2c2ccc(F)cc2)cc(OC)c1OC. The lowest BCUT2D eigenvalue weighted by molar-refractivity contribution is 0.249. The third-order valence-corrected chi connectivity index (χ3v) is 5.66. The predicted molar refractivity (Wildman–Crippen MR) is 112 cm³/mol. The van der Waals surface area contributed by atoms with Gasteiger partial charge < -0.3 is 14.2 Å². The van der Waals surface area contributed by atoms with Crippen LogP contribution < -0.4 is 14.2 Å². The summed E-state index contributed by atoms with van der Waals surface area (Å²) in [6, 6.07) is 10.9. The molecule has 0 radical (unpaired) electrons. The number of aromatic nitrogens is 2. The van der Waals surface area contributed by atoms with E-state index in [4.69, 9.17) is 14.2 Å². The van der Waals surface area contributed by atoms with Crippen LogP contribution in [0.5, 0.6) is 17.2 Å². The van der Waals surface area contributed by atoms with Crippen LogP contribution in [0.3, 0.4) is 0 Å². The van der Waals surface area contributed by atoms with Gasteiger partial charge in [0.25, 0.3) is 0 Å². The summed E-state index contributed by atoms with van der Waals surface area (Å²) < 4.78 is 29.8.